The lowest BCUT2D eigenvalue weighted by molar-refractivity contribution is -0.286. The standard InChI is InChI=1S/C17H13F2N3O3/c18-17(19)24-15-6-3-12(7-16(15)25-17)22(13-8-20-21-9-13)10-11-1-4-14(23)5-2-11/h1-9,13,23H,10H2. The summed E-state index contributed by atoms with van der Waals surface area (Å²) in [6, 6.07) is 11.1. The number of hydrogen-bond donors (Lipinski definition) is 1. The molecule has 0 bridgehead atoms. The second-order valence-electron chi connectivity index (χ2n) is 5.61. The van der Waals surface area contributed by atoms with Crippen LogP contribution in [0.15, 0.2) is 52.7 Å². The van der Waals surface area contributed by atoms with Crippen LogP contribution in [0, 0.1) is 0 Å². The minimum atomic E-state index is -3.65. The van der Waals surface area contributed by atoms with Crippen molar-refractivity contribution in [3.05, 3.63) is 48.0 Å². The second kappa shape index (κ2) is 5.73. The number of benzene rings is 2. The molecule has 6 nitrogen and oxygen atoms in total. The molecule has 0 spiro atoms. The molecule has 128 valence electrons. The summed E-state index contributed by atoms with van der Waals surface area (Å²) in [5.41, 5.74) is 1.58. The van der Waals surface area contributed by atoms with Gasteiger partial charge in [0.15, 0.2) is 11.5 Å². The maximum atomic E-state index is 13.2. The third-order valence-electron chi connectivity index (χ3n) is 3.87. The molecule has 2 aromatic rings. The number of fused-ring (bicyclic) bond motifs is 1. The Kier molecular flexibility index (Phi) is 3.52. The van der Waals surface area contributed by atoms with Crippen molar-refractivity contribution in [2.45, 2.75) is 18.9 Å². The molecule has 0 saturated carbocycles. The zero-order chi connectivity index (χ0) is 17.4. The summed E-state index contributed by atoms with van der Waals surface area (Å²) in [5.74, 6) is 0.141. The number of phenolic OH excluding ortho intramolecular Hbond substituents is 1. The molecule has 0 atom stereocenters. The van der Waals surface area contributed by atoms with Crippen LogP contribution in [0.5, 0.6) is 17.2 Å². The smallest absolute Gasteiger partial charge is 0.508 e. The summed E-state index contributed by atoms with van der Waals surface area (Å²) in [6.07, 6.45) is -0.349. The summed E-state index contributed by atoms with van der Waals surface area (Å²) in [6.45, 7) is 0.457. The molecule has 0 unspecified atom stereocenters. The topological polar surface area (TPSA) is 66.7 Å². The second-order valence-corrected chi connectivity index (χ2v) is 5.61. The Morgan fingerprint density at radius 3 is 2.40 bits per heavy atom. The highest BCUT2D eigenvalue weighted by Crippen LogP contribution is 2.43. The van der Waals surface area contributed by atoms with Crippen LogP contribution in [-0.2, 0) is 6.54 Å². The Hall–Kier alpha value is -3.16. The van der Waals surface area contributed by atoms with Crippen LogP contribution in [0.1, 0.15) is 5.56 Å². The highest BCUT2D eigenvalue weighted by atomic mass is 19.3. The van der Waals surface area contributed by atoms with E-state index in [1.807, 2.05) is 4.90 Å². The predicted molar refractivity (Wildman–Crippen MR) is 87.7 cm³/mol. The van der Waals surface area contributed by atoms with Gasteiger partial charge in [0.05, 0.1) is 12.4 Å². The number of ether oxygens (including phenoxy) is 2. The number of hydrogen-bond acceptors (Lipinski definition) is 6. The van der Waals surface area contributed by atoms with Gasteiger partial charge >= 0.3 is 6.29 Å². The molecule has 2 aliphatic rings. The van der Waals surface area contributed by atoms with Crippen molar-refractivity contribution in [1.29, 1.82) is 0 Å². The Morgan fingerprint density at radius 2 is 1.68 bits per heavy atom. The molecular formula is C17H13F2N3O3. The number of phenols is 1. The monoisotopic (exact) mass is 345 g/mol. The van der Waals surface area contributed by atoms with Gasteiger partial charge in [-0.2, -0.15) is 10.2 Å². The van der Waals surface area contributed by atoms with E-state index in [9.17, 15) is 13.9 Å². The first-order valence-corrected chi connectivity index (χ1v) is 7.51. The fourth-order valence-corrected chi connectivity index (χ4v) is 2.70. The largest absolute Gasteiger partial charge is 0.586 e. The van der Waals surface area contributed by atoms with E-state index in [0.717, 1.165) is 5.56 Å². The number of nitrogens with zero attached hydrogens (tertiary/aromatic N) is 3. The molecule has 0 saturated heterocycles. The lowest BCUT2D eigenvalue weighted by Crippen LogP contribution is -2.36. The molecule has 25 heavy (non-hydrogen) atoms. The van der Waals surface area contributed by atoms with Crippen molar-refractivity contribution in [3.8, 4) is 17.2 Å². The molecule has 0 aliphatic carbocycles. The van der Waals surface area contributed by atoms with E-state index in [-0.39, 0.29) is 23.3 Å². The van der Waals surface area contributed by atoms with Gasteiger partial charge in [-0.15, -0.1) is 8.78 Å². The zero-order valence-corrected chi connectivity index (χ0v) is 12.8. The number of anilines is 1. The van der Waals surface area contributed by atoms with Gasteiger partial charge in [0, 0.05) is 18.3 Å². The summed E-state index contributed by atoms with van der Waals surface area (Å²) in [7, 11) is 0. The molecule has 2 aromatic carbocycles. The third-order valence-corrected chi connectivity index (χ3v) is 3.87. The Labute approximate surface area is 141 Å². The van der Waals surface area contributed by atoms with Crippen LogP contribution in [0.4, 0.5) is 14.5 Å². The highest BCUT2D eigenvalue weighted by Gasteiger charge is 2.43. The van der Waals surface area contributed by atoms with Crippen molar-refractivity contribution in [2.24, 2.45) is 10.2 Å². The van der Waals surface area contributed by atoms with E-state index in [2.05, 4.69) is 19.7 Å². The zero-order valence-electron chi connectivity index (χ0n) is 12.8. The number of alkyl halides is 2. The van der Waals surface area contributed by atoms with E-state index in [1.54, 1.807) is 42.8 Å². The van der Waals surface area contributed by atoms with Crippen molar-refractivity contribution < 1.29 is 23.4 Å². The van der Waals surface area contributed by atoms with Gasteiger partial charge in [-0.1, -0.05) is 12.1 Å². The Morgan fingerprint density at radius 1 is 1.00 bits per heavy atom. The Bertz CT molecular complexity index is 841. The molecule has 0 aromatic heterocycles. The van der Waals surface area contributed by atoms with Crippen LogP contribution in [-0.4, -0.2) is 29.9 Å². The predicted octanol–water partition coefficient (Wildman–Crippen LogP) is 3.16. The van der Waals surface area contributed by atoms with E-state index >= 15 is 0 Å². The van der Waals surface area contributed by atoms with Crippen molar-refractivity contribution in [3.63, 3.8) is 0 Å². The molecule has 8 heteroatoms. The van der Waals surface area contributed by atoms with Crippen molar-refractivity contribution >= 4 is 18.1 Å². The average Bonchev–Trinajstić information content (AvgIpc) is 3.19. The van der Waals surface area contributed by atoms with Gasteiger partial charge in [0.1, 0.15) is 11.8 Å². The van der Waals surface area contributed by atoms with Crippen LogP contribution in [0.3, 0.4) is 0 Å². The highest BCUT2D eigenvalue weighted by molar-refractivity contribution is 5.95. The van der Waals surface area contributed by atoms with Crippen LogP contribution in [0.2, 0.25) is 0 Å². The summed E-state index contributed by atoms with van der Waals surface area (Å²) >= 11 is 0. The fourth-order valence-electron chi connectivity index (χ4n) is 2.70. The molecular weight excluding hydrogens is 332 g/mol. The molecule has 2 aliphatic heterocycles. The first kappa shape index (κ1) is 15.4. The lowest BCUT2D eigenvalue weighted by Gasteiger charge is -2.28. The normalized spacial score (nSPS) is 17.2. The van der Waals surface area contributed by atoms with E-state index < -0.39 is 6.29 Å². The summed E-state index contributed by atoms with van der Waals surface area (Å²) < 4.78 is 35.4. The van der Waals surface area contributed by atoms with Crippen LogP contribution < -0.4 is 14.4 Å². The molecule has 1 N–H and O–H groups in total. The maximum Gasteiger partial charge on any atom is 0.586 e. The first-order chi connectivity index (χ1) is 12.0. The minimum absolute atomic E-state index is 0.00732. The molecule has 2 heterocycles. The van der Waals surface area contributed by atoms with Gasteiger partial charge in [0.25, 0.3) is 0 Å². The van der Waals surface area contributed by atoms with Gasteiger partial charge in [-0.25, -0.2) is 0 Å². The SMILES string of the molecule is Oc1ccc(CN(c2ccc3c(c2)OC(F)(F)O3)C2C=NN=C2)cc1. The van der Waals surface area contributed by atoms with Crippen LogP contribution in [0.25, 0.3) is 0 Å². The summed E-state index contributed by atoms with van der Waals surface area (Å²) in [5, 5.41) is 17.1. The van der Waals surface area contributed by atoms with Crippen molar-refractivity contribution in [2.75, 3.05) is 4.90 Å². The van der Waals surface area contributed by atoms with E-state index in [1.165, 1.54) is 12.1 Å². The summed E-state index contributed by atoms with van der Waals surface area (Å²) in [4.78, 5) is 1.92. The lowest BCUT2D eigenvalue weighted by atomic mass is 10.1. The fraction of sp³-hybridized carbons (Fsp3) is 0.176. The van der Waals surface area contributed by atoms with Gasteiger partial charge in [0.2, 0.25) is 0 Å². The number of halogens is 2. The van der Waals surface area contributed by atoms with E-state index in [0.29, 0.717) is 12.2 Å². The minimum Gasteiger partial charge on any atom is -0.508 e. The molecule has 4 rings (SSSR count). The third kappa shape index (κ3) is 3.10. The Balaban J connectivity index is 1.66. The maximum absolute atomic E-state index is 13.2. The molecule has 0 amide bonds. The first-order valence-electron chi connectivity index (χ1n) is 7.51. The van der Waals surface area contributed by atoms with Gasteiger partial charge < -0.3 is 19.5 Å². The van der Waals surface area contributed by atoms with Crippen molar-refractivity contribution in [1.82, 2.24) is 0 Å². The van der Waals surface area contributed by atoms with Crippen LogP contribution >= 0.6 is 0 Å². The number of rotatable bonds is 4. The quantitative estimate of drug-likeness (QED) is 0.924. The number of aromatic hydroxyl groups is 1. The average molecular weight is 345 g/mol. The molecule has 0 fully saturated rings. The molecule has 0 radical (unpaired) electrons. The van der Waals surface area contributed by atoms with Gasteiger partial charge in [-0.3, -0.25) is 0 Å². The van der Waals surface area contributed by atoms with E-state index in [4.69, 9.17) is 0 Å². The van der Waals surface area contributed by atoms with Gasteiger partial charge in [-0.05, 0) is 29.8 Å².